The molecule has 21 heavy (non-hydrogen) atoms. The normalized spacial score (nSPS) is 27.5. The van der Waals surface area contributed by atoms with E-state index in [1.54, 1.807) is 0 Å². The Hall–Kier alpha value is -1.06. The zero-order valence-corrected chi connectivity index (χ0v) is 13.5. The molecule has 1 fully saturated rings. The van der Waals surface area contributed by atoms with Crippen LogP contribution in [0.15, 0.2) is 18.2 Å². The quantitative estimate of drug-likeness (QED) is 0.805. The van der Waals surface area contributed by atoms with Crippen molar-refractivity contribution in [2.24, 2.45) is 5.92 Å². The molecule has 2 unspecified atom stereocenters. The van der Waals surface area contributed by atoms with Crippen LogP contribution in [0.1, 0.15) is 52.9 Å². The lowest BCUT2D eigenvalue weighted by atomic mass is 9.82. The van der Waals surface area contributed by atoms with E-state index in [9.17, 15) is 5.21 Å². The Kier molecular flexibility index (Phi) is 3.98. The molecule has 0 spiro atoms. The van der Waals surface area contributed by atoms with Crippen molar-refractivity contribution in [3.63, 3.8) is 0 Å². The van der Waals surface area contributed by atoms with Gasteiger partial charge in [0.1, 0.15) is 11.7 Å². The number of hydrogen-bond donors (Lipinski definition) is 1. The fourth-order valence-electron chi connectivity index (χ4n) is 3.93. The smallest absolute Gasteiger partial charge is 0.155 e. The van der Waals surface area contributed by atoms with E-state index in [4.69, 9.17) is 0 Å². The predicted molar refractivity (Wildman–Crippen MR) is 86.7 cm³/mol. The van der Waals surface area contributed by atoms with Gasteiger partial charge in [-0.2, -0.15) is 0 Å². The Bertz CT molecular complexity index is 488. The molecule has 1 heterocycles. The van der Waals surface area contributed by atoms with Crippen LogP contribution in [-0.4, -0.2) is 18.1 Å². The molecule has 0 amide bonds. The lowest BCUT2D eigenvalue weighted by Crippen LogP contribution is -3.10. The van der Waals surface area contributed by atoms with Gasteiger partial charge in [0.05, 0.1) is 6.54 Å². The summed E-state index contributed by atoms with van der Waals surface area (Å²) >= 11 is 0. The van der Waals surface area contributed by atoms with Crippen molar-refractivity contribution in [2.75, 3.05) is 11.4 Å². The summed E-state index contributed by atoms with van der Waals surface area (Å²) in [5.74, 6) is 0.574. The predicted octanol–water partition coefficient (Wildman–Crippen LogP) is 3.07. The van der Waals surface area contributed by atoms with E-state index in [-0.39, 0.29) is 11.6 Å². The first-order valence-corrected chi connectivity index (χ1v) is 8.31. The molecule has 1 aromatic carbocycles. The number of benzene rings is 1. The molecule has 1 aliphatic heterocycles. The molecule has 1 N–H and O–H groups in total. The highest BCUT2D eigenvalue weighted by Crippen LogP contribution is 2.35. The molecule has 0 saturated heterocycles. The van der Waals surface area contributed by atoms with Crippen molar-refractivity contribution in [3.8, 4) is 0 Å². The molecule has 1 saturated carbocycles. The summed E-state index contributed by atoms with van der Waals surface area (Å²) in [6, 6.07) is 9.33. The maximum atomic E-state index is 12.9. The van der Waals surface area contributed by atoms with Gasteiger partial charge in [0.2, 0.25) is 0 Å². The second kappa shape index (κ2) is 5.62. The third-order valence-electron chi connectivity index (χ3n) is 5.11. The summed E-state index contributed by atoms with van der Waals surface area (Å²) in [6.07, 6.45) is 6.36. The molecule has 3 rings (SSSR count). The molecule has 1 radical (unpaired) electrons. The van der Waals surface area contributed by atoms with E-state index in [2.05, 4.69) is 31.7 Å². The first-order chi connectivity index (χ1) is 9.98. The van der Waals surface area contributed by atoms with Gasteiger partial charge in [-0.3, -0.25) is 0 Å². The van der Waals surface area contributed by atoms with E-state index >= 15 is 0 Å². The number of rotatable bonds is 1. The van der Waals surface area contributed by atoms with Gasteiger partial charge >= 0.3 is 0 Å². The maximum absolute atomic E-state index is 12.9. The van der Waals surface area contributed by atoms with Crippen molar-refractivity contribution in [2.45, 2.75) is 64.5 Å². The molecule has 1 aliphatic carbocycles. The number of para-hydroxylation sites is 1. The number of nitrogens with zero attached hydrogens (tertiary/aromatic N) is 1. The Morgan fingerprint density at radius 2 is 1.95 bits per heavy atom. The highest BCUT2D eigenvalue weighted by Gasteiger charge is 2.40. The molecule has 0 bridgehead atoms. The monoisotopic (exact) mass is 287 g/mol. The van der Waals surface area contributed by atoms with E-state index in [0.29, 0.717) is 11.0 Å². The van der Waals surface area contributed by atoms with Gasteiger partial charge in [-0.05, 0) is 33.6 Å². The maximum Gasteiger partial charge on any atom is 0.155 e. The average molecular weight is 287 g/mol. The molecular weight excluding hydrogens is 260 g/mol. The van der Waals surface area contributed by atoms with E-state index in [1.165, 1.54) is 32.1 Å². The number of hydrogen-bond acceptors (Lipinski definition) is 2. The fraction of sp³-hybridized carbons (Fsp3) is 0.667. The molecule has 2 atom stereocenters. The van der Waals surface area contributed by atoms with Gasteiger partial charge in [-0.25, -0.2) is 0 Å². The lowest BCUT2D eigenvalue weighted by molar-refractivity contribution is -0.812. The van der Waals surface area contributed by atoms with E-state index in [1.807, 2.05) is 18.2 Å². The van der Waals surface area contributed by atoms with Crippen LogP contribution in [0.5, 0.6) is 0 Å². The number of nitrogens with one attached hydrogen (secondary N) is 1. The van der Waals surface area contributed by atoms with Gasteiger partial charge in [-0.15, -0.1) is 0 Å². The van der Waals surface area contributed by atoms with Crippen molar-refractivity contribution >= 4 is 11.4 Å². The Balaban J connectivity index is 1.95. The molecular formula is C18H27N2O. The molecule has 1 aromatic rings. The van der Waals surface area contributed by atoms with Gasteiger partial charge in [0, 0.05) is 23.6 Å². The Morgan fingerprint density at radius 3 is 2.62 bits per heavy atom. The van der Waals surface area contributed by atoms with Crippen LogP contribution in [0.4, 0.5) is 11.4 Å². The van der Waals surface area contributed by atoms with Gasteiger partial charge < -0.3 is 15.2 Å². The summed E-state index contributed by atoms with van der Waals surface area (Å²) in [5, 5.41) is 13.3. The number of hydroxylamine groups is 1. The number of quaternary nitrogens is 1. The minimum absolute atomic E-state index is 0.0280. The van der Waals surface area contributed by atoms with E-state index in [0.717, 1.165) is 17.9 Å². The first-order valence-electron chi connectivity index (χ1n) is 8.31. The van der Waals surface area contributed by atoms with Crippen molar-refractivity contribution < 1.29 is 5.06 Å². The third kappa shape index (κ3) is 2.82. The van der Waals surface area contributed by atoms with Crippen LogP contribution in [-0.2, 0) is 0 Å². The van der Waals surface area contributed by atoms with Gasteiger partial charge in [-0.1, -0.05) is 31.4 Å². The topological polar surface area (TPSA) is 30.7 Å². The van der Waals surface area contributed by atoms with Gasteiger partial charge in [0.15, 0.2) is 5.69 Å². The van der Waals surface area contributed by atoms with Crippen LogP contribution in [0, 0.1) is 17.2 Å². The van der Waals surface area contributed by atoms with Gasteiger partial charge in [0.25, 0.3) is 0 Å². The molecule has 3 nitrogen and oxygen atoms in total. The molecule has 0 aromatic heterocycles. The first kappa shape index (κ1) is 14.9. The summed E-state index contributed by atoms with van der Waals surface area (Å²) in [7, 11) is 0. The SMILES string of the molecule is CC(C)(C)N1CC(C2CCCCC2)[NH+]([O-])c2ccc[c]c21. The van der Waals surface area contributed by atoms with Crippen LogP contribution in [0.25, 0.3) is 0 Å². The minimum Gasteiger partial charge on any atom is -0.629 e. The van der Waals surface area contributed by atoms with Crippen molar-refractivity contribution in [3.05, 3.63) is 29.5 Å². The molecule has 115 valence electrons. The van der Waals surface area contributed by atoms with E-state index < -0.39 is 0 Å². The van der Waals surface area contributed by atoms with Crippen LogP contribution in [0.3, 0.4) is 0 Å². The summed E-state index contributed by atoms with van der Waals surface area (Å²) in [4.78, 5) is 2.39. The zero-order chi connectivity index (χ0) is 15.0. The average Bonchev–Trinajstić information content (AvgIpc) is 2.47. The second-order valence-corrected chi connectivity index (χ2v) is 7.58. The van der Waals surface area contributed by atoms with Crippen LogP contribution >= 0.6 is 0 Å². The number of anilines is 1. The van der Waals surface area contributed by atoms with Crippen LogP contribution < -0.4 is 9.96 Å². The third-order valence-corrected chi connectivity index (χ3v) is 5.11. The minimum atomic E-state index is 0.0280. The second-order valence-electron chi connectivity index (χ2n) is 7.58. The Morgan fingerprint density at radius 1 is 1.24 bits per heavy atom. The standard InChI is InChI=1S/C18H27N2O/c1-18(2,3)19-13-17(14-9-5-4-6-10-14)20(21)16-12-8-7-11-15(16)19/h7-8,12,14,17,20H,4-6,9-10,13H2,1-3H3. The summed E-state index contributed by atoms with van der Waals surface area (Å²) < 4.78 is 0. The summed E-state index contributed by atoms with van der Waals surface area (Å²) in [6.45, 7) is 7.54. The van der Waals surface area contributed by atoms with Crippen LogP contribution in [0.2, 0.25) is 0 Å². The van der Waals surface area contributed by atoms with Crippen molar-refractivity contribution in [1.82, 2.24) is 0 Å². The largest absolute Gasteiger partial charge is 0.629 e. The number of fused-ring (bicyclic) bond motifs is 1. The summed E-state index contributed by atoms with van der Waals surface area (Å²) in [5.41, 5.74) is 1.91. The molecule has 2 aliphatic rings. The highest BCUT2D eigenvalue weighted by molar-refractivity contribution is 5.64. The lowest BCUT2D eigenvalue weighted by Gasteiger charge is -2.50. The molecule has 3 heteroatoms. The Labute approximate surface area is 128 Å². The zero-order valence-electron chi connectivity index (χ0n) is 13.5. The highest BCUT2D eigenvalue weighted by atomic mass is 16.5. The fourth-order valence-corrected chi connectivity index (χ4v) is 3.93. The van der Waals surface area contributed by atoms with Crippen molar-refractivity contribution in [1.29, 1.82) is 0 Å².